The van der Waals surface area contributed by atoms with Crippen molar-refractivity contribution < 1.29 is 13.7 Å². The van der Waals surface area contributed by atoms with Crippen LogP contribution in [0.5, 0.6) is 0 Å². The van der Waals surface area contributed by atoms with Gasteiger partial charge in [0.05, 0.1) is 34.5 Å². The fourth-order valence-corrected chi connectivity index (χ4v) is 3.30. The Morgan fingerprint density at radius 3 is 2.41 bits per heavy atom. The van der Waals surface area contributed by atoms with Crippen LogP contribution in [-0.4, -0.2) is 28.3 Å². The van der Waals surface area contributed by atoms with Gasteiger partial charge in [0.25, 0.3) is 0 Å². The summed E-state index contributed by atoms with van der Waals surface area (Å²) in [6.45, 7) is 10.1. The number of halogens is 1. The third-order valence-electron chi connectivity index (χ3n) is 5.80. The van der Waals surface area contributed by atoms with E-state index < -0.39 is 7.12 Å². The molecule has 1 N–H and O–H groups in total. The standard InChI is InChI=1S/C22H25BFN3O2/c1-14(15-7-6-8-17(24)11-15)26-20-13-25-19-12-16(9-10-18(19)27-20)23-28-21(2,3)22(4,5)29-23/h6-14H,1-5H3,(H,26,27)/t14-/m1/s1. The van der Waals surface area contributed by atoms with Crippen molar-refractivity contribution in [1.29, 1.82) is 0 Å². The van der Waals surface area contributed by atoms with Gasteiger partial charge in [-0.2, -0.15) is 0 Å². The summed E-state index contributed by atoms with van der Waals surface area (Å²) in [5.41, 5.74) is 2.52. The normalized spacial score (nSPS) is 18.8. The Morgan fingerprint density at radius 2 is 1.72 bits per heavy atom. The van der Waals surface area contributed by atoms with Gasteiger partial charge in [-0.3, -0.25) is 4.98 Å². The smallest absolute Gasteiger partial charge is 0.399 e. The van der Waals surface area contributed by atoms with Crippen molar-refractivity contribution in [2.75, 3.05) is 5.32 Å². The minimum atomic E-state index is -0.433. The molecule has 2 heterocycles. The molecule has 150 valence electrons. The predicted molar refractivity (Wildman–Crippen MR) is 114 cm³/mol. The number of aromatic nitrogens is 2. The first-order valence-corrected chi connectivity index (χ1v) is 9.79. The summed E-state index contributed by atoms with van der Waals surface area (Å²) >= 11 is 0. The van der Waals surface area contributed by atoms with E-state index in [0.29, 0.717) is 5.82 Å². The Kier molecular flexibility index (Phi) is 4.83. The fraction of sp³-hybridized carbons (Fsp3) is 0.364. The molecule has 0 radical (unpaired) electrons. The molecule has 1 atom stereocenters. The Hall–Kier alpha value is -2.51. The molecule has 0 spiro atoms. The molecule has 0 bridgehead atoms. The first-order valence-electron chi connectivity index (χ1n) is 9.79. The summed E-state index contributed by atoms with van der Waals surface area (Å²) in [5, 5.41) is 3.28. The van der Waals surface area contributed by atoms with Crippen LogP contribution in [0.4, 0.5) is 10.2 Å². The Morgan fingerprint density at radius 1 is 1.00 bits per heavy atom. The number of rotatable bonds is 4. The summed E-state index contributed by atoms with van der Waals surface area (Å²) in [5.74, 6) is 0.383. The molecular formula is C22H25BFN3O2. The fourth-order valence-electron chi connectivity index (χ4n) is 3.30. The molecule has 1 aliphatic heterocycles. The van der Waals surface area contributed by atoms with Gasteiger partial charge in [-0.05, 0) is 69.9 Å². The second-order valence-electron chi connectivity index (χ2n) is 8.51. The summed E-state index contributed by atoms with van der Waals surface area (Å²) in [4.78, 5) is 9.18. The quantitative estimate of drug-likeness (QED) is 0.672. The van der Waals surface area contributed by atoms with Crippen LogP contribution in [0.3, 0.4) is 0 Å². The van der Waals surface area contributed by atoms with Gasteiger partial charge in [0.2, 0.25) is 0 Å². The van der Waals surface area contributed by atoms with Gasteiger partial charge in [0.15, 0.2) is 0 Å². The summed E-state index contributed by atoms with van der Waals surface area (Å²) in [6, 6.07) is 12.3. The number of fused-ring (bicyclic) bond motifs is 1. The maximum atomic E-state index is 13.5. The first kappa shape index (κ1) is 19.8. The van der Waals surface area contributed by atoms with Crippen molar-refractivity contribution in [3.8, 4) is 0 Å². The molecule has 2 aromatic carbocycles. The van der Waals surface area contributed by atoms with E-state index in [0.717, 1.165) is 22.1 Å². The van der Waals surface area contributed by atoms with Crippen LogP contribution < -0.4 is 10.8 Å². The van der Waals surface area contributed by atoms with Crippen molar-refractivity contribution >= 4 is 29.4 Å². The monoisotopic (exact) mass is 393 g/mol. The second kappa shape index (κ2) is 7.08. The Balaban J connectivity index is 1.55. The predicted octanol–water partition coefficient (Wildman–Crippen LogP) is 4.24. The topological polar surface area (TPSA) is 56.3 Å². The highest BCUT2D eigenvalue weighted by Crippen LogP contribution is 2.36. The van der Waals surface area contributed by atoms with E-state index in [1.54, 1.807) is 12.3 Å². The average molecular weight is 393 g/mol. The van der Waals surface area contributed by atoms with Crippen LogP contribution in [0.2, 0.25) is 0 Å². The van der Waals surface area contributed by atoms with E-state index in [1.165, 1.54) is 12.1 Å². The number of nitrogens with one attached hydrogen (secondary N) is 1. The van der Waals surface area contributed by atoms with Gasteiger partial charge in [0.1, 0.15) is 11.6 Å². The first-order chi connectivity index (χ1) is 13.6. The molecule has 0 saturated carbocycles. The minimum absolute atomic E-state index is 0.0959. The Bertz CT molecular complexity index is 1040. The second-order valence-corrected chi connectivity index (χ2v) is 8.51. The highest BCUT2D eigenvalue weighted by Gasteiger charge is 2.51. The van der Waals surface area contributed by atoms with Crippen molar-refractivity contribution in [3.05, 3.63) is 60.0 Å². The minimum Gasteiger partial charge on any atom is -0.399 e. The lowest BCUT2D eigenvalue weighted by molar-refractivity contribution is 0.00578. The highest BCUT2D eigenvalue weighted by molar-refractivity contribution is 6.62. The molecule has 1 aromatic heterocycles. The van der Waals surface area contributed by atoms with Gasteiger partial charge < -0.3 is 14.6 Å². The average Bonchev–Trinajstić information content (AvgIpc) is 2.88. The molecule has 4 rings (SSSR count). The number of anilines is 1. The van der Waals surface area contributed by atoms with Crippen LogP contribution in [0.25, 0.3) is 11.0 Å². The van der Waals surface area contributed by atoms with Gasteiger partial charge in [-0.15, -0.1) is 0 Å². The van der Waals surface area contributed by atoms with E-state index in [-0.39, 0.29) is 23.1 Å². The highest BCUT2D eigenvalue weighted by atomic mass is 19.1. The van der Waals surface area contributed by atoms with Crippen LogP contribution in [0.15, 0.2) is 48.7 Å². The number of benzene rings is 2. The molecular weight excluding hydrogens is 368 g/mol. The zero-order valence-corrected chi connectivity index (χ0v) is 17.4. The summed E-state index contributed by atoms with van der Waals surface area (Å²) in [6.07, 6.45) is 1.69. The van der Waals surface area contributed by atoms with E-state index >= 15 is 0 Å². The molecule has 0 amide bonds. The van der Waals surface area contributed by atoms with E-state index in [1.807, 2.05) is 58.9 Å². The van der Waals surface area contributed by atoms with Gasteiger partial charge in [0, 0.05) is 0 Å². The van der Waals surface area contributed by atoms with Gasteiger partial charge in [-0.1, -0.05) is 18.2 Å². The molecule has 1 aliphatic rings. The molecule has 5 nitrogen and oxygen atoms in total. The van der Waals surface area contributed by atoms with Crippen LogP contribution in [0, 0.1) is 5.82 Å². The third kappa shape index (κ3) is 3.85. The third-order valence-corrected chi connectivity index (χ3v) is 5.80. The maximum Gasteiger partial charge on any atom is 0.494 e. The number of hydrogen-bond donors (Lipinski definition) is 1. The van der Waals surface area contributed by atoms with Gasteiger partial charge in [-0.25, -0.2) is 9.37 Å². The molecule has 7 heteroatoms. The SMILES string of the molecule is C[C@@H](Nc1cnc2cc(B3OC(C)(C)C(C)(C)O3)ccc2n1)c1cccc(F)c1. The number of hydrogen-bond acceptors (Lipinski definition) is 5. The summed E-state index contributed by atoms with van der Waals surface area (Å²) in [7, 11) is -0.433. The van der Waals surface area contributed by atoms with E-state index in [4.69, 9.17) is 9.31 Å². The lowest BCUT2D eigenvalue weighted by atomic mass is 9.79. The zero-order valence-electron chi connectivity index (χ0n) is 17.4. The maximum absolute atomic E-state index is 13.5. The molecule has 29 heavy (non-hydrogen) atoms. The Labute approximate surface area is 170 Å². The van der Waals surface area contributed by atoms with Crippen LogP contribution in [-0.2, 0) is 9.31 Å². The van der Waals surface area contributed by atoms with Crippen molar-refractivity contribution in [2.45, 2.75) is 51.9 Å². The zero-order chi connectivity index (χ0) is 20.8. The lowest BCUT2D eigenvalue weighted by Gasteiger charge is -2.32. The molecule has 1 fully saturated rings. The molecule has 1 saturated heterocycles. The van der Waals surface area contributed by atoms with Crippen molar-refractivity contribution in [3.63, 3.8) is 0 Å². The van der Waals surface area contributed by atoms with Crippen LogP contribution in [0.1, 0.15) is 46.2 Å². The van der Waals surface area contributed by atoms with E-state index in [9.17, 15) is 4.39 Å². The largest absolute Gasteiger partial charge is 0.494 e. The van der Waals surface area contributed by atoms with Gasteiger partial charge >= 0.3 is 7.12 Å². The molecule has 3 aromatic rings. The van der Waals surface area contributed by atoms with Crippen LogP contribution >= 0.6 is 0 Å². The van der Waals surface area contributed by atoms with Crippen molar-refractivity contribution in [1.82, 2.24) is 9.97 Å². The number of nitrogens with zero attached hydrogens (tertiary/aromatic N) is 2. The summed E-state index contributed by atoms with van der Waals surface area (Å²) < 4.78 is 25.7. The lowest BCUT2D eigenvalue weighted by Crippen LogP contribution is -2.41. The van der Waals surface area contributed by atoms with E-state index in [2.05, 4.69) is 15.3 Å². The van der Waals surface area contributed by atoms with Crippen molar-refractivity contribution in [2.24, 2.45) is 0 Å². The molecule has 0 unspecified atom stereocenters. The molecule has 0 aliphatic carbocycles.